The Labute approximate surface area is 171 Å². The molecule has 0 radical (unpaired) electrons. The van der Waals surface area contributed by atoms with Crippen molar-refractivity contribution in [2.45, 2.75) is 58.4 Å². The van der Waals surface area contributed by atoms with Crippen LogP contribution in [0.1, 0.15) is 64.2 Å². The van der Waals surface area contributed by atoms with Crippen molar-refractivity contribution in [1.82, 2.24) is 14.5 Å². The molecular formula is C21H32ClN4O2+. The molecule has 154 valence electrons. The maximum Gasteiger partial charge on any atom is 0.261 e. The molecule has 0 spiro atoms. The van der Waals surface area contributed by atoms with E-state index in [0.29, 0.717) is 34.7 Å². The van der Waals surface area contributed by atoms with Gasteiger partial charge in [0.15, 0.2) is 0 Å². The van der Waals surface area contributed by atoms with Gasteiger partial charge < -0.3 is 10.6 Å². The summed E-state index contributed by atoms with van der Waals surface area (Å²) in [6.45, 7) is 5.56. The van der Waals surface area contributed by atoms with E-state index in [1.54, 1.807) is 29.8 Å². The number of aromatic nitrogens is 2. The molecule has 3 N–H and O–H groups in total. The first-order valence-corrected chi connectivity index (χ1v) is 10.5. The summed E-state index contributed by atoms with van der Waals surface area (Å²) in [6.07, 6.45) is 5.53. The molecule has 0 aliphatic heterocycles. The Morgan fingerprint density at radius 1 is 1.29 bits per heavy atom. The van der Waals surface area contributed by atoms with Crippen LogP contribution in [0.25, 0.3) is 10.9 Å². The van der Waals surface area contributed by atoms with E-state index in [-0.39, 0.29) is 17.5 Å². The van der Waals surface area contributed by atoms with Crippen LogP contribution in [-0.4, -0.2) is 33.4 Å². The van der Waals surface area contributed by atoms with Crippen LogP contribution >= 0.6 is 11.6 Å². The van der Waals surface area contributed by atoms with E-state index in [9.17, 15) is 9.59 Å². The molecule has 2 aromatic rings. The largest absolute Gasteiger partial charge is 0.358 e. The van der Waals surface area contributed by atoms with Gasteiger partial charge in [-0.15, -0.1) is 0 Å². The Hall–Kier alpha value is -1.92. The van der Waals surface area contributed by atoms with Crippen LogP contribution in [0.4, 0.5) is 0 Å². The molecule has 0 saturated heterocycles. The predicted octanol–water partition coefficient (Wildman–Crippen LogP) is 3.08. The number of hydrogen-bond acceptors (Lipinski definition) is 3. The smallest absolute Gasteiger partial charge is 0.261 e. The van der Waals surface area contributed by atoms with Gasteiger partial charge in [-0.3, -0.25) is 14.2 Å². The lowest BCUT2D eigenvalue weighted by molar-refractivity contribution is -0.368. The molecule has 0 bridgehead atoms. The normalized spacial score (nSPS) is 12.3. The molecule has 7 heteroatoms. The van der Waals surface area contributed by atoms with Crippen molar-refractivity contribution in [2.24, 2.45) is 7.05 Å². The minimum atomic E-state index is -0.284. The van der Waals surface area contributed by atoms with Gasteiger partial charge in [-0.1, -0.05) is 24.9 Å². The average Bonchev–Trinajstić information content (AvgIpc) is 2.67. The summed E-state index contributed by atoms with van der Waals surface area (Å²) >= 11 is 6.09. The zero-order valence-electron chi connectivity index (χ0n) is 17.2. The molecule has 0 saturated carbocycles. The molecule has 0 aliphatic rings. The monoisotopic (exact) mass is 407 g/mol. The maximum atomic E-state index is 12.8. The quantitative estimate of drug-likeness (QED) is 0.614. The number of unbranched alkanes of at least 4 members (excludes halogenated alkanes) is 3. The number of halogens is 1. The van der Waals surface area contributed by atoms with Crippen LogP contribution in [0.15, 0.2) is 23.0 Å². The molecular weight excluding hydrogens is 376 g/mol. The summed E-state index contributed by atoms with van der Waals surface area (Å²) in [4.78, 5) is 32.1. The van der Waals surface area contributed by atoms with Gasteiger partial charge in [0.05, 0.1) is 23.5 Å². The fourth-order valence-electron chi connectivity index (χ4n) is 3.48. The van der Waals surface area contributed by atoms with Crippen molar-refractivity contribution < 1.29 is 10.5 Å². The van der Waals surface area contributed by atoms with Crippen molar-refractivity contribution in [3.8, 4) is 0 Å². The summed E-state index contributed by atoms with van der Waals surface area (Å²) in [7, 11) is 1.71. The highest BCUT2D eigenvalue weighted by molar-refractivity contribution is 6.31. The minimum absolute atomic E-state index is 0.104. The molecule has 1 atom stereocenters. The lowest BCUT2D eigenvalue weighted by Gasteiger charge is -2.30. The van der Waals surface area contributed by atoms with Gasteiger partial charge in [-0.2, -0.15) is 0 Å². The molecule has 1 amide bonds. The molecule has 6 nitrogen and oxygen atoms in total. The summed E-state index contributed by atoms with van der Waals surface area (Å²) in [5, 5.41) is 1.07. The first kappa shape index (κ1) is 22.4. The van der Waals surface area contributed by atoms with Gasteiger partial charge in [0.25, 0.3) is 5.56 Å². The third kappa shape index (κ3) is 5.32. The fraction of sp³-hybridized carbons (Fsp3) is 0.571. The van der Waals surface area contributed by atoms with Crippen LogP contribution < -0.4 is 11.3 Å². The predicted molar refractivity (Wildman–Crippen MR) is 113 cm³/mol. The van der Waals surface area contributed by atoms with Gasteiger partial charge in [0.1, 0.15) is 5.82 Å². The molecule has 0 fully saturated rings. The number of amides is 1. The Balaban J connectivity index is 2.33. The lowest BCUT2D eigenvalue weighted by atomic mass is 10.1. The highest BCUT2D eigenvalue weighted by Gasteiger charge is 2.24. The Kier molecular flexibility index (Phi) is 8.45. The van der Waals surface area contributed by atoms with Gasteiger partial charge in [-0.05, 0) is 50.8 Å². The summed E-state index contributed by atoms with van der Waals surface area (Å²) < 4.78 is 1.55. The van der Waals surface area contributed by atoms with Crippen LogP contribution in [-0.2, 0) is 11.8 Å². The van der Waals surface area contributed by atoms with E-state index in [2.05, 4.69) is 5.73 Å². The second-order valence-corrected chi connectivity index (χ2v) is 7.71. The van der Waals surface area contributed by atoms with Crippen molar-refractivity contribution in [3.05, 3.63) is 39.4 Å². The zero-order valence-corrected chi connectivity index (χ0v) is 18.0. The molecule has 0 unspecified atom stereocenters. The Morgan fingerprint density at radius 2 is 2.00 bits per heavy atom. The SMILES string of the molecule is CCCC(=O)N(CCCCCC[NH3+])[C@@H](C)c1nc2cc(Cl)ccc2c(=O)n1C. The van der Waals surface area contributed by atoms with Crippen molar-refractivity contribution in [1.29, 1.82) is 0 Å². The summed E-state index contributed by atoms with van der Waals surface area (Å²) in [5.74, 6) is 0.689. The fourth-order valence-corrected chi connectivity index (χ4v) is 3.64. The average molecular weight is 408 g/mol. The Morgan fingerprint density at radius 3 is 2.68 bits per heavy atom. The Bertz CT molecular complexity index is 865. The second kappa shape index (κ2) is 10.6. The van der Waals surface area contributed by atoms with Crippen LogP contribution in [0.3, 0.4) is 0 Å². The van der Waals surface area contributed by atoms with Gasteiger partial charge in [0.2, 0.25) is 5.91 Å². The van der Waals surface area contributed by atoms with E-state index in [0.717, 1.165) is 38.6 Å². The third-order valence-electron chi connectivity index (χ3n) is 5.10. The standard InChI is InChI=1S/C21H31ClN4O2/c1-4-9-19(27)26(13-8-6-5-7-12-23)15(2)20-24-18-14-16(22)10-11-17(18)21(28)25(20)3/h10-11,14-15H,4-9,12-13,23H2,1-3H3/p+1/t15-/m0/s1. The molecule has 2 rings (SSSR count). The van der Waals surface area contributed by atoms with E-state index < -0.39 is 0 Å². The number of rotatable bonds is 10. The van der Waals surface area contributed by atoms with Crippen molar-refractivity contribution >= 4 is 28.4 Å². The van der Waals surface area contributed by atoms with Gasteiger partial charge >= 0.3 is 0 Å². The van der Waals surface area contributed by atoms with Gasteiger partial charge in [0, 0.05) is 25.0 Å². The van der Waals surface area contributed by atoms with Crippen molar-refractivity contribution in [2.75, 3.05) is 13.1 Å². The van der Waals surface area contributed by atoms with E-state index >= 15 is 0 Å². The second-order valence-electron chi connectivity index (χ2n) is 7.28. The number of carbonyl (C=O) groups excluding carboxylic acids is 1. The number of quaternary nitrogens is 1. The minimum Gasteiger partial charge on any atom is -0.358 e. The number of carbonyl (C=O) groups is 1. The highest BCUT2D eigenvalue weighted by Crippen LogP contribution is 2.23. The van der Waals surface area contributed by atoms with Crippen LogP contribution in [0, 0.1) is 0 Å². The molecule has 28 heavy (non-hydrogen) atoms. The zero-order chi connectivity index (χ0) is 20.7. The first-order chi connectivity index (χ1) is 13.4. The molecule has 0 aliphatic carbocycles. The molecule has 1 aromatic heterocycles. The maximum absolute atomic E-state index is 12.8. The number of fused-ring (bicyclic) bond motifs is 1. The lowest BCUT2D eigenvalue weighted by Crippen LogP contribution is -2.50. The molecule has 1 heterocycles. The van der Waals surface area contributed by atoms with Crippen molar-refractivity contribution in [3.63, 3.8) is 0 Å². The number of nitrogens with zero attached hydrogens (tertiary/aromatic N) is 3. The van der Waals surface area contributed by atoms with E-state index in [4.69, 9.17) is 16.6 Å². The van der Waals surface area contributed by atoms with E-state index in [1.807, 2.05) is 18.7 Å². The number of benzene rings is 1. The topological polar surface area (TPSA) is 82.8 Å². The van der Waals surface area contributed by atoms with E-state index in [1.165, 1.54) is 0 Å². The highest BCUT2D eigenvalue weighted by atomic mass is 35.5. The number of hydrogen-bond donors (Lipinski definition) is 1. The summed E-state index contributed by atoms with van der Waals surface area (Å²) in [5.41, 5.74) is 4.32. The third-order valence-corrected chi connectivity index (χ3v) is 5.33. The summed E-state index contributed by atoms with van der Waals surface area (Å²) in [6, 6.07) is 4.81. The molecule has 1 aromatic carbocycles. The first-order valence-electron chi connectivity index (χ1n) is 10.2. The van der Waals surface area contributed by atoms with Crippen LogP contribution in [0.2, 0.25) is 5.02 Å². The van der Waals surface area contributed by atoms with Crippen LogP contribution in [0.5, 0.6) is 0 Å². The van der Waals surface area contributed by atoms with Gasteiger partial charge in [-0.25, -0.2) is 4.98 Å².